The Morgan fingerprint density at radius 1 is 1.23 bits per heavy atom. The highest BCUT2D eigenvalue weighted by Crippen LogP contribution is 2.21. The number of nitrogens with zero attached hydrogens (tertiary/aromatic N) is 2. The molecule has 0 radical (unpaired) electrons. The van der Waals surface area contributed by atoms with Gasteiger partial charge in [-0.3, -0.25) is 9.59 Å². The number of halogens is 1. The molecule has 1 saturated heterocycles. The van der Waals surface area contributed by atoms with E-state index in [1.165, 1.54) is 11.3 Å². The third kappa shape index (κ3) is 4.13. The molecule has 0 saturated carbocycles. The van der Waals surface area contributed by atoms with Crippen LogP contribution in [0, 0.1) is 0 Å². The summed E-state index contributed by atoms with van der Waals surface area (Å²) in [6, 6.07) is 5.14. The molecule has 1 aromatic rings. The van der Waals surface area contributed by atoms with Crippen molar-refractivity contribution in [3.05, 3.63) is 28.8 Å². The molecule has 1 aliphatic heterocycles. The second kappa shape index (κ2) is 7.49. The van der Waals surface area contributed by atoms with E-state index in [0.29, 0.717) is 10.6 Å². The van der Waals surface area contributed by atoms with Gasteiger partial charge in [0.15, 0.2) is 0 Å². The van der Waals surface area contributed by atoms with Crippen LogP contribution in [0.2, 0.25) is 5.02 Å². The summed E-state index contributed by atoms with van der Waals surface area (Å²) in [6.07, 6.45) is 3.35. The molecule has 0 spiro atoms. The Morgan fingerprint density at radius 3 is 2.55 bits per heavy atom. The zero-order valence-corrected chi connectivity index (χ0v) is 13.8. The predicted molar refractivity (Wildman–Crippen MR) is 88.4 cm³/mol. The Balaban J connectivity index is 1.99. The Bertz CT molecular complexity index is 554. The first kappa shape index (κ1) is 16.6. The second-order valence-electron chi connectivity index (χ2n) is 5.69. The van der Waals surface area contributed by atoms with Crippen molar-refractivity contribution < 1.29 is 9.59 Å². The number of rotatable bonds is 4. The van der Waals surface area contributed by atoms with Crippen LogP contribution in [-0.2, 0) is 4.79 Å². The molecule has 0 aromatic heterocycles. The predicted octanol–water partition coefficient (Wildman–Crippen LogP) is 2.47. The molecule has 0 unspecified atom stereocenters. The fraction of sp³-hybridized carbons (Fsp3) is 0.500. The second-order valence-corrected chi connectivity index (χ2v) is 6.10. The molecule has 1 heterocycles. The molecule has 1 aromatic carbocycles. The largest absolute Gasteiger partial charge is 0.376 e. The molecule has 5 nitrogen and oxygen atoms in total. The van der Waals surface area contributed by atoms with Gasteiger partial charge in [0.2, 0.25) is 5.91 Å². The summed E-state index contributed by atoms with van der Waals surface area (Å²) in [5.41, 5.74) is 1.15. The number of carbonyl (C=O) groups is 2. The van der Waals surface area contributed by atoms with Gasteiger partial charge in [0.1, 0.15) is 0 Å². The average Bonchev–Trinajstić information content (AvgIpc) is 2.53. The molecular formula is C16H22ClN3O2. The summed E-state index contributed by atoms with van der Waals surface area (Å²) >= 11 is 6.07. The van der Waals surface area contributed by atoms with Gasteiger partial charge in [-0.05, 0) is 37.5 Å². The number of amides is 2. The van der Waals surface area contributed by atoms with Crippen LogP contribution in [-0.4, -0.2) is 55.3 Å². The lowest BCUT2D eigenvalue weighted by Crippen LogP contribution is -2.39. The van der Waals surface area contributed by atoms with Crippen molar-refractivity contribution >= 4 is 29.1 Å². The summed E-state index contributed by atoms with van der Waals surface area (Å²) in [4.78, 5) is 27.5. The van der Waals surface area contributed by atoms with Crippen molar-refractivity contribution in [2.45, 2.75) is 19.3 Å². The Hall–Kier alpha value is -1.75. The minimum atomic E-state index is -0.156. The Labute approximate surface area is 136 Å². The van der Waals surface area contributed by atoms with Gasteiger partial charge in [-0.25, -0.2) is 0 Å². The SMILES string of the molecule is CN(C)C(=O)c1cc(NCC(=O)N2CCCCC2)ccc1Cl. The lowest BCUT2D eigenvalue weighted by molar-refractivity contribution is -0.130. The summed E-state index contributed by atoms with van der Waals surface area (Å²) in [7, 11) is 3.36. The highest BCUT2D eigenvalue weighted by Gasteiger charge is 2.17. The molecule has 1 fully saturated rings. The fourth-order valence-electron chi connectivity index (χ4n) is 2.47. The molecule has 120 valence electrons. The van der Waals surface area contributed by atoms with Crippen LogP contribution in [0.3, 0.4) is 0 Å². The molecule has 0 aliphatic carbocycles. The van der Waals surface area contributed by atoms with E-state index >= 15 is 0 Å². The van der Waals surface area contributed by atoms with Crippen molar-refractivity contribution in [3.63, 3.8) is 0 Å². The maximum Gasteiger partial charge on any atom is 0.254 e. The van der Waals surface area contributed by atoms with Gasteiger partial charge in [0.25, 0.3) is 5.91 Å². The van der Waals surface area contributed by atoms with E-state index in [1.54, 1.807) is 32.3 Å². The van der Waals surface area contributed by atoms with Crippen molar-refractivity contribution in [2.75, 3.05) is 39.0 Å². The van der Waals surface area contributed by atoms with E-state index in [-0.39, 0.29) is 18.4 Å². The number of nitrogens with one attached hydrogen (secondary N) is 1. The van der Waals surface area contributed by atoms with Gasteiger partial charge in [-0.2, -0.15) is 0 Å². The van der Waals surface area contributed by atoms with Crippen LogP contribution < -0.4 is 5.32 Å². The van der Waals surface area contributed by atoms with Gasteiger partial charge in [0.05, 0.1) is 17.1 Å². The maximum atomic E-state index is 12.1. The van der Waals surface area contributed by atoms with Gasteiger partial charge < -0.3 is 15.1 Å². The minimum Gasteiger partial charge on any atom is -0.376 e. The summed E-state index contributed by atoms with van der Waals surface area (Å²) in [6.45, 7) is 1.91. The quantitative estimate of drug-likeness (QED) is 0.926. The zero-order chi connectivity index (χ0) is 16.1. The topological polar surface area (TPSA) is 52.7 Å². The molecule has 0 bridgehead atoms. The molecule has 2 rings (SSSR count). The van der Waals surface area contributed by atoms with E-state index in [0.717, 1.165) is 31.6 Å². The van der Waals surface area contributed by atoms with E-state index < -0.39 is 0 Å². The number of likely N-dealkylation sites (tertiary alicyclic amines) is 1. The maximum absolute atomic E-state index is 12.1. The van der Waals surface area contributed by atoms with E-state index in [1.807, 2.05) is 4.90 Å². The number of benzene rings is 1. The van der Waals surface area contributed by atoms with Crippen molar-refractivity contribution in [3.8, 4) is 0 Å². The zero-order valence-electron chi connectivity index (χ0n) is 13.1. The standard InChI is InChI=1S/C16H22ClN3O2/c1-19(2)16(22)13-10-12(6-7-14(13)17)18-11-15(21)20-8-4-3-5-9-20/h6-7,10,18H,3-5,8-9,11H2,1-2H3. The summed E-state index contributed by atoms with van der Waals surface area (Å²) in [5, 5.41) is 3.49. The highest BCUT2D eigenvalue weighted by atomic mass is 35.5. The van der Waals surface area contributed by atoms with Crippen LogP contribution in [0.4, 0.5) is 5.69 Å². The molecule has 1 aliphatic rings. The monoisotopic (exact) mass is 323 g/mol. The van der Waals surface area contributed by atoms with E-state index in [4.69, 9.17) is 11.6 Å². The Morgan fingerprint density at radius 2 is 1.91 bits per heavy atom. The third-order valence-electron chi connectivity index (χ3n) is 3.76. The number of hydrogen-bond acceptors (Lipinski definition) is 3. The number of hydrogen-bond donors (Lipinski definition) is 1. The first-order chi connectivity index (χ1) is 10.5. The lowest BCUT2D eigenvalue weighted by atomic mass is 10.1. The van der Waals surface area contributed by atoms with Gasteiger partial charge >= 0.3 is 0 Å². The summed E-state index contributed by atoms with van der Waals surface area (Å²) in [5.74, 6) is -0.0638. The van der Waals surface area contributed by atoms with E-state index in [9.17, 15) is 9.59 Å². The first-order valence-corrected chi connectivity index (χ1v) is 7.89. The number of piperidine rings is 1. The number of carbonyl (C=O) groups excluding carboxylic acids is 2. The molecule has 6 heteroatoms. The smallest absolute Gasteiger partial charge is 0.254 e. The van der Waals surface area contributed by atoms with Crippen LogP contribution in [0.1, 0.15) is 29.6 Å². The molecule has 22 heavy (non-hydrogen) atoms. The fourth-order valence-corrected chi connectivity index (χ4v) is 2.67. The summed E-state index contributed by atoms with van der Waals surface area (Å²) < 4.78 is 0. The van der Waals surface area contributed by atoms with Gasteiger partial charge in [-0.1, -0.05) is 11.6 Å². The van der Waals surface area contributed by atoms with Crippen molar-refractivity contribution in [1.29, 1.82) is 0 Å². The van der Waals surface area contributed by atoms with Gasteiger partial charge in [0, 0.05) is 32.9 Å². The van der Waals surface area contributed by atoms with Crippen LogP contribution in [0.5, 0.6) is 0 Å². The van der Waals surface area contributed by atoms with Crippen molar-refractivity contribution in [1.82, 2.24) is 9.80 Å². The van der Waals surface area contributed by atoms with E-state index in [2.05, 4.69) is 5.32 Å². The number of anilines is 1. The van der Waals surface area contributed by atoms with Crippen LogP contribution >= 0.6 is 11.6 Å². The Kier molecular flexibility index (Phi) is 5.66. The van der Waals surface area contributed by atoms with Crippen LogP contribution in [0.15, 0.2) is 18.2 Å². The van der Waals surface area contributed by atoms with Crippen LogP contribution in [0.25, 0.3) is 0 Å². The van der Waals surface area contributed by atoms with Gasteiger partial charge in [-0.15, -0.1) is 0 Å². The normalized spacial score (nSPS) is 14.6. The molecule has 0 atom stereocenters. The lowest BCUT2D eigenvalue weighted by Gasteiger charge is -2.27. The molecule has 1 N–H and O–H groups in total. The third-order valence-corrected chi connectivity index (χ3v) is 4.09. The average molecular weight is 324 g/mol. The first-order valence-electron chi connectivity index (χ1n) is 7.52. The van der Waals surface area contributed by atoms with Crippen molar-refractivity contribution in [2.24, 2.45) is 0 Å². The molecule has 2 amide bonds. The molecular weight excluding hydrogens is 302 g/mol. The highest BCUT2D eigenvalue weighted by molar-refractivity contribution is 6.34. The minimum absolute atomic E-state index is 0.0927.